The molecule has 0 radical (unpaired) electrons. The van der Waals surface area contributed by atoms with E-state index in [-0.39, 0.29) is 11.9 Å². The molecular formula is C9H13NO3. The molecule has 3 atom stereocenters. The molecule has 0 saturated heterocycles. The van der Waals surface area contributed by atoms with Gasteiger partial charge in [0.1, 0.15) is 0 Å². The second-order valence-corrected chi connectivity index (χ2v) is 3.33. The van der Waals surface area contributed by atoms with Crippen molar-refractivity contribution in [3.8, 4) is 6.07 Å². The molecule has 0 aromatic heterocycles. The fourth-order valence-corrected chi connectivity index (χ4v) is 1.72. The number of carbonyl (C=O) groups excluding carboxylic acids is 1. The van der Waals surface area contributed by atoms with Gasteiger partial charge in [-0.05, 0) is 19.3 Å². The van der Waals surface area contributed by atoms with Crippen LogP contribution in [-0.4, -0.2) is 24.3 Å². The molecule has 1 rings (SSSR count). The minimum atomic E-state index is -0.439. The van der Waals surface area contributed by atoms with Crippen molar-refractivity contribution in [3.05, 3.63) is 0 Å². The summed E-state index contributed by atoms with van der Waals surface area (Å²) in [4.78, 5) is 11.2. The highest BCUT2D eigenvalue weighted by Gasteiger charge is 2.35. The molecule has 0 heterocycles. The van der Waals surface area contributed by atoms with Crippen LogP contribution in [0.3, 0.4) is 0 Å². The molecule has 1 N–H and O–H groups in total. The van der Waals surface area contributed by atoms with Crippen LogP contribution in [0.5, 0.6) is 0 Å². The van der Waals surface area contributed by atoms with E-state index in [4.69, 9.17) is 5.26 Å². The number of esters is 1. The van der Waals surface area contributed by atoms with Crippen molar-refractivity contribution >= 4 is 5.97 Å². The normalized spacial score (nSPS) is 33.5. The average Bonchev–Trinajstić information content (AvgIpc) is 2.16. The number of rotatable bonds is 1. The molecular weight excluding hydrogens is 170 g/mol. The Balaban J connectivity index is 2.64. The molecule has 13 heavy (non-hydrogen) atoms. The number of carbonyl (C=O) groups is 1. The van der Waals surface area contributed by atoms with Gasteiger partial charge in [0, 0.05) is 0 Å². The van der Waals surface area contributed by atoms with Gasteiger partial charge in [0.05, 0.1) is 31.1 Å². The van der Waals surface area contributed by atoms with Crippen molar-refractivity contribution in [3.63, 3.8) is 0 Å². The van der Waals surface area contributed by atoms with E-state index >= 15 is 0 Å². The van der Waals surface area contributed by atoms with Crippen molar-refractivity contribution < 1.29 is 14.6 Å². The van der Waals surface area contributed by atoms with Crippen LogP contribution in [0, 0.1) is 23.2 Å². The number of hydrogen-bond acceptors (Lipinski definition) is 4. The van der Waals surface area contributed by atoms with E-state index in [0.717, 1.165) is 0 Å². The molecule has 4 nitrogen and oxygen atoms in total. The SMILES string of the molecule is COC(=O)[C@H]1CC[C@@H](O)C[C@@H]1C#N. The minimum absolute atomic E-state index is 0.335. The fraction of sp³-hybridized carbons (Fsp3) is 0.778. The first-order chi connectivity index (χ1) is 6.19. The summed E-state index contributed by atoms with van der Waals surface area (Å²) >= 11 is 0. The number of aliphatic hydroxyl groups is 1. The van der Waals surface area contributed by atoms with Gasteiger partial charge in [-0.25, -0.2) is 0 Å². The molecule has 0 unspecified atom stereocenters. The molecule has 0 aromatic rings. The van der Waals surface area contributed by atoms with Crippen molar-refractivity contribution in [1.82, 2.24) is 0 Å². The van der Waals surface area contributed by atoms with Crippen molar-refractivity contribution in [2.75, 3.05) is 7.11 Å². The first-order valence-electron chi connectivity index (χ1n) is 4.34. The van der Waals surface area contributed by atoms with E-state index in [1.54, 1.807) is 0 Å². The van der Waals surface area contributed by atoms with E-state index in [0.29, 0.717) is 19.3 Å². The minimum Gasteiger partial charge on any atom is -0.469 e. The lowest BCUT2D eigenvalue weighted by Crippen LogP contribution is -2.32. The van der Waals surface area contributed by atoms with E-state index in [2.05, 4.69) is 4.74 Å². The third kappa shape index (κ3) is 2.19. The van der Waals surface area contributed by atoms with Gasteiger partial charge in [0.25, 0.3) is 0 Å². The number of aliphatic hydroxyl groups excluding tert-OH is 1. The average molecular weight is 183 g/mol. The molecule has 1 saturated carbocycles. The molecule has 0 aromatic carbocycles. The lowest BCUT2D eigenvalue weighted by atomic mass is 9.79. The van der Waals surface area contributed by atoms with Gasteiger partial charge in [-0.1, -0.05) is 0 Å². The molecule has 0 aliphatic heterocycles. The zero-order chi connectivity index (χ0) is 9.84. The summed E-state index contributed by atoms with van der Waals surface area (Å²) in [5.41, 5.74) is 0. The predicted octanol–water partition coefficient (Wildman–Crippen LogP) is 0.460. The monoisotopic (exact) mass is 183 g/mol. The maximum atomic E-state index is 11.2. The van der Waals surface area contributed by atoms with Crippen LogP contribution >= 0.6 is 0 Å². The lowest BCUT2D eigenvalue weighted by Gasteiger charge is -2.27. The van der Waals surface area contributed by atoms with Gasteiger partial charge >= 0.3 is 5.97 Å². The number of methoxy groups -OCH3 is 1. The predicted molar refractivity (Wildman–Crippen MR) is 44.5 cm³/mol. The second kappa shape index (κ2) is 4.24. The van der Waals surface area contributed by atoms with Crippen LogP contribution in [0.2, 0.25) is 0 Å². The van der Waals surface area contributed by atoms with Crippen LogP contribution in [0.1, 0.15) is 19.3 Å². The first kappa shape index (κ1) is 10.0. The van der Waals surface area contributed by atoms with Crippen molar-refractivity contribution in [2.24, 2.45) is 11.8 Å². The zero-order valence-electron chi connectivity index (χ0n) is 7.56. The van der Waals surface area contributed by atoms with Gasteiger partial charge in [-0.15, -0.1) is 0 Å². The highest BCUT2D eigenvalue weighted by atomic mass is 16.5. The second-order valence-electron chi connectivity index (χ2n) is 3.33. The summed E-state index contributed by atoms with van der Waals surface area (Å²) in [6.45, 7) is 0. The Hall–Kier alpha value is -1.08. The maximum absolute atomic E-state index is 11.2. The first-order valence-corrected chi connectivity index (χ1v) is 4.34. The highest BCUT2D eigenvalue weighted by Crippen LogP contribution is 2.30. The Morgan fingerprint density at radius 3 is 2.85 bits per heavy atom. The Labute approximate surface area is 77.1 Å². The van der Waals surface area contributed by atoms with Crippen molar-refractivity contribution in [1.29, 1.82) is 5.26 Å². The molecule has 72 valence electrons. The fourth-order valence-electron chi connectivity index (χ4n) is 1.72. The Morgan fingerprint density at radius 2 is 2.31 bits per heavy atom. The van der Waals surface area contributed by atoms with Crippen LogP contribution in [0.4, 0.5) is 0 Å². The van der Waals surface area contributed by atoms with Crippen molar-refractivity contribution in [2.45, 2.75) is 25.4 Å². The number of ether oxygens (including phenoxy) is 1. The molecule has 0 spiro atoms. The van der Waals surface area contributed by atoms with Gasteiger partial charge in [0.2, 0.25) is 0 Å². The van der Waals surface area contributed by atoms with Gasteiger partial charge in [-0.2, -0.15) is 5.26 Å². The third-order valence-corrected chi connectivity index (χ3v) is 2.49. The summed E-state index contributed by atoms with van der Waals surface area (Å²) in [5, 5.41) is 18.0. The maximum Gasteiger partial charge on any atom is 0.309 e. The molecule has 1 aliphatic rings. The van der Waals surface area contributed by atoms with Gasteiger partial charge in [-0.3, -0.25) is 4.79 Å². The highest BCUT2D eigenvalue weighted by molar-refractivity contribution is 5.73. The summed E-state index contributed by atoms with van der Waals surface area (Å²) in [7, 11) is 1.32. The Kier molecular flexibility index (Phi) is 3.26. The van der Waals surface area contributed by atoms with Crippen LogP contribution < -0.4 is 0 Å². The quantitative estimate of drug-likeness (QED) is 0.599. The van der Waals surface area contributed by atoms with Crippen LogP contribution in [0.15, 0.2) is 0 Å². The molecule has 1 fully saturated rings. The van der Waals surface area contributed by atoms with E-state index in [1.165, 1.54) is 7.11 Å². The van der Waals surface area contributed by atoms with Gasteiger partial charge < -0.3 is 9.84 Å². The smallest absolute Gasteiger partial charge is 0.309 e. The van der Waals surface area contributed by atoms with E-state index in [1.807, 2.05) is 6.07 Å². The van der Waals surface area contributed by atoms with Crippen LogP contribution in [-0.2, 0) is 9.53 Å². The Bertz CT molecular complexity index is 234. The zero-order valence-corrected chi connectivity index (χ0v) is 7.56. The summed E-state index contributed by atoms with van der Waals surface area (Å²) in [5.74, 6) is -1.08. The van der Waals surface area contributed by atoms with Gasteiger partial charge in [0.15, 0.2) is 0 Å². The molecule has 0 bridgehead atoms. The molecule has 0 amide bonds. The number of hydrogen-bond donors (Lipinski definition) is 1. The third-order valence-electron chi connectivity index (χ3n) is 2.49. The summed E-state index contributed by atoms with van der Waals surface area (Å²) in [6, 6.07) is 2.04. The largest absolute Gasteiger partial charge is 0.469 e. The Morgan fingerprint density at radius 1 is 1.62 bits per heavy atom. The lowest BCUT2D eigenvalue weighted by molar-refractivity contribution is -0.148. The summed E-state index contributed by atoms with van der Waals surface area (Å²) < 4.78 is 4.59. The number of nitriles is 1. The van der Waals surface area contributed by atoms with E-state index < -0.39 is 12.0 Å². The molecule has 1 aliphatic carbocycles. The number of nitrogens with zero attached hydrogens (tertiary/aromatic N) is 1. The summed E-state index contributed by atoms with van der Waals surface area (Å²) in [6.07, 6.45) is 1.07. The van der Waals surface area contributed by atoms with Crippen LogP contribution in [0.25, 0.3) is 0 Å². The molecule has 4 heteroatoms. The topological polar surface area (TPSA) is 70.3 Å². The standard InChI is InChI=1S/C9H13NO3/c1-13-9(12)8-3-2-7(11)4-6(8)5-10/h6-8,11H,2-4H2,1H3/t6-,7-,8+/m1/s1. The van der Waals surface area contributed by atoms with E-state index in [9.17, 15) is 9.90 Å².